The normalized spacial score (nSPS) is 26.1. The lowest BCUT2D eigenvalue weighted by Crippen LogP contribution is -2.45. The standard InChI is InChI=1S/C23H26N4O2/c1-12-7-17-18(11-26-21(17)24-9-12)22-25-10-13(2)19(27-22)8-16-14-3-5-15(6-4-14)20(16)23(28)29/h7,9-11,14-16,20H,3-6,8H2,1-2H3,(H,24,26)(H,28,29)/t14?,15?,16?,20-/m0/s1. The Balaban J connectivity index is 1.51. The average molecular weight is 390 g/mol. The summed E-state index contributed by atoms with van der Waals surface area (Å²) >= 11 is 0. The third kappa shape index (κ3) is 3.11. The molecule has 3 fully saturated rings. The summed E-state index contributed by atoms with van der Waals surface area (Å²) in [6, 6.07) is 2.09. The maximum Gasteiger partial charge on any atom is 0.307 e. The lowest BCUT2D eigenvalue weighted by molar-refractivity contribution is -0.152. The van der Waals surface area contributed by atoms with Crippen LogP contribution in [-0.2, 0) is 11.2 Å². The third-order valence-electron chi connectivity index (χ3n) is 7.09. The predicted molar refractivity (Wildman–Crippen MR) is 110 cm³/mol. The molecule has 2 N–H and O–H groups in total. The zero-order valence-electron chi connectivity index (χ0n) is 16.9. The van der Waals surface area contributed by atoms with Crippen LogP contribution in [-0.4, -0.2) is 31.0 Å². The van der Waals surface area contributed by atoms with E-state index >= 15 is 0 Å². The molecule has 6 rings (SSSR count). The quantitative estimate of drug-likeness (QED) is 0.692. The van der Waals surface area contributed by atoms with Crippen molar-refractivity contribution in [3.8, 4) is 11.4 Å². The van der Waals surface area contributed by atoms with Crippen LogP contribution < -0.4 is 0 Å². The van der Waals surface area contributed by atoms with Gasteiger partial charge in [0.1, 0.15) is 5.65 Å². The highest BCUT2D eigenvalue weighted by molar-refractivity contribution is 5.91. The van der Waals surface area contributed by atoms with Crippen LogP contribution in [0, 0.1) is 37.5 Å². The summed E-state index contributed by atoms with van der Waals surface area (Å²) in [6.07, 6.45) is 10.8. The number of rotatable bonds is 4. The molecule has 0 amide bonds. The number of carboxylic acids is 1. The Bertz CT molecular complexity index is 1080. The molecular weight excluding hydrogens is 364 g/mol. The molecule has 0 aliphatic heterocycles. The molecule has 0 radical (unpaired) electrons. The molecule has 0 aromatic carbocycles. The molecule has 29 heavy (non-hydrogen) atoms. The van der Waals surface area contributed by atoms with Crippen LogP contribution in [0.4, 0.5) is 0 Å². The van der Waals surface area contributed by atoms with Gasteiger partial charge in [0.25, 0.3) is 0 Å². The van der Waals surface area contributed by atoms with Crippen molar-refractivity contribution in [2.45, 2.75) is 46.0 Å². The number of fused-ring (bicyclic) bond motifs is 4. The second-order valence-electron chi connectivity index (χ2n) is 8.84. The van der Waals surface area contributed by atoms with Crippen LogP contribution in [0.3, 0.4) is 0 Å². The number of carboxylic acid groups (broad SMARTS) is 1. The third-order valence-corrected chi connectivity index (χ3v) is 7.09. The second-order valence-corrected chi connectivity index (χ2v) is 8.84. The van der Waals surface area contributed by atoms with Gasteiger partial charge in [-0.1, -0.05) is 0 Å². The van der Waals surface area contributed by atoms with Crippen molar-refractivity contribution in [2.24, 2.45) is 23.7 Å². The molecule has 6 heteroatoms. The smallest absolute Gasteiger partial charge is 0.307 e. The van der Waals surface area contributed by atoms with E-state index in [1.165, 1.54) is 0 Å². The van der Waals surface area contributed by atoms with Crippen LogP contribution >= 0.6 is 0 Å². The van der Waals surface area contributed by atoms with Gasteiger partial charge in [-0.15, -0.1) is 0 Å². The molecule has 0 spiro atoms. The average Bonchev–Trinajstić information content (AvgIpc) is 3.13. The van der Waals surface area contributed by atoms with Crippen molar-refractivity contribution >= 4 is 17.0 Å². The Kier molecular flexibility index (Phi) is 4.37. The molecule has 3 aliphatic rings. The van der Waals surface area contributed by atoms with Gasteiger partial charge in [-0.05, 0) is 80.9 Å². The van der Waals surface area contributed by atoms with Gasteiger partial charge in [-0.3, -0.25) is 4.79 Å². The lowest BCUT2D eigenvalue weighted by Gasteiger charge is -2.47. The van der Waals surface area contributed by atoms with Crippen LogP contribution in [0.5, 0.6) is 0 Å². The van der Waals surface area contributed by atoms with E-state index in [0.717, 1.165) is 65.5 Å². The summed E-state index contributed by atoms with van der Waals surface area (Å²) in [5, 5.41) is 10.9. The van der Waals surface area contributed by atoms with Crippen molar-refractivity contribution in [3.63, 3.8) is 0 Å². The number of pyridine rings is 1. The zero-order chi connectivity index (χ0) is 20.1. The first kappa shape index (κ1) is 18.3. The fourth-order valence-corrected chi connectivity index (χ4v) is 5.58. The van der Waals surface area contributed by atoms with Crippen molar-refractivity contribution < 1.29 is 9.90 Å². The first-order valence-electron chi connectivity index (χ1n) is 10.5. The first-order chi connectivity index (χ1) is 14.0. The highest BCUT2D eigenvalue weighted by Gasteiger charge is 2.47. The van der Waals surface area contributed by atoms with E-state index < -0.39 is 5.97 Å². The maximum atomic E-state index is 12.0. The molecule has 6 nitrogen and oxygen atoms in total. The van der Waals surface area contributed by atoms with Gasteiger partial charge in [0.15, 0.2) is 5.82 Å². The second kappa shape index (κ2) is 6.94. The van der Waals surface area contributed by atoms with Crippen molar-refractivity contribution in [1.29, 1.82) is 0 Å². The maximum absolute atomic E-state index is 12.0. The Labute approximate surface area is 169 Å². The fraction of sp³-hybridized carbons (Fsp3) is 0.478. The summed E-state index contributed by atoms with van der Waals surface area (Å²) in [4.78, 5) is 29.2. The van der Waals surface area contributed by atoms with E-state index in [-0.39, 0.29) is 11.8 Å². The van der Waals surface area contributed by atoms with E-state index in [0.29, 0.717) is 17.7 Å². The first-order valence-corrected chi connectivity index (χ1v) is 10.5. The Morgan fingerprint density at radius 1 is 1.14 bits per heavy atom. The topological polar surface area (TPSA) is 91.8 Å². The monoisotopic (exact) mass is 390 g/mol. The highest BCUT2D eigenvalue weighted by atomic mass is 16.4. The number of hydrogen-bond acceptors (Lipinski definition) is 4. The number of nitrogens with one attached hydrogen (secondary N) is 1. The number of aromatic nitrogens is 4. The van der Waals surface area contributed by atoms with E-state index in [1.807, 2.05) is 32.4 Å². The molecule has 2 bridgehead atoms. The van der Waals surface area contributed by atoms with Crippen LogP contribution in [0.25, 0.3) is 22.4 Å². The molecule has 3 aromatic rings. The molecule has 3 heterocycles. The number of hydrogen-bond donors (Lipinski definition) is 2. The van der Waals surface area contributed by atoms with Gasteiger partial charge in [0.2, 0.25) is 0 Å². The van der Waals surface area contributed by atoms with Crippen LogP contribution in [0.2, 0.25) is 0 Å². The molecule has 150 valence electrons. The van der Waals surface area contributed by atoms with E-state index in [9.17, 15) is 9.90 Å². The van der Waals surface area contributed by atoms with Crippen LogP contribution in [0.1, 0.15) is 42.5 Å². The van der Waals surface area contributed by atoms with Gasteiger partial charge >= 0.3 is 5.97 Å². The number of aliphatic carboxylic acids is 1. The largest absolute Gasteiger partial charge is 0.481 e. The summed E-state index contributed by atoms with van der Waals surface area (Å²) < 4.78 is 0. The molecule has 2 atom stereocenters. The Morgan fingerprint density at radius 3 is 2.66 bits per heavy atom. The van der Waals surface area contributed by atoms with Gasteiger partial charge in [-0.25, -0.2) is 15.0 Å². The Morgan fingerprint density at radius 2 is 1.90 bits per heavy atom. The predicted octanol–water partition coefficient (Wildman–Crippen LogP) is 4.32. The minimum absolute atomic E-state index is 0.174. The van der Waals surface area contributed by atoms with Gasteiger partial charge in [0.05, 0.1) is 5.92 Å². The SMILES string of the molecule is Cc1cnc2[nH]cc(-c3ncc(C)c(CC4C5CCC(CC5)[C@@H]4C(=O)O)n3)c2c1. The van der Waals surface area contributed by atoms with Crippen molar-refractivity contribution in [2.75, 3.05) is 0 Å². The fourth-order valence-electron chi connectivity index (χ4n) is 5.58. The Hall–Kier alpha value is -2.76. The summed E-state index contributed by atoms with van der Waals surface area (Å²) in [6.45, 7) is 4.05. The molecule has 1 unspecified atom stereocenters. The van der Waals surface area contributed by atoms with E-state index in [2.05, 4.69) is 21.0 Å². The van der Waals surface area contributed by atoms with Gasteiger partial charge in [-0.2, -0.15) is 0 Å². The molecule has 3 aromatic heterocycles. The molecule has 3 aliphatic carbocycles. The zero-order valence-corrected chi connectivity index (χ0v) is 16.9. The summed E-state index contributed by atoms with van der Waals surface area (Å²) in [5.41, 5.74) is 4.87. The van der Waals surface area contributed by atoms with Crippen LogP contribution in [0.15, 0.2) is 24.7 Å². The lowest BCUT2D eigenvalue weighted by atomic mass is 9.57. The number of aromatic amines is 1. The number of aryl methyl sites for hydroxylation is 2. The number of nitrogens with zero attached hydrogens (tertiary/aromatic N) is 3. The minimum Gasteiger partial charge on any atom is -0.481 e. The van der Waals surface area contributed by atoms with E-state index in [1.54, 1.807) is 0 Å². The summed E-state index contributed by atoms with van der Waals surface area (Å²) in [7, 11) is 0. The van der Waals surface area contributed by atoms with Crippen molar-refractivity contribution in [3.05, 3.63) is 41.5 Å². The van der Waals surface area contributed by atoms with E-state index in [4.69, 9.17) is 4.98 Å². The minimum atomic E-state index is -0.630. The molecule has 3 saturated carbocycles. The molecule has 0 saturated heterocycles. The number of H-pyrrole nitrogens is 1. The van der Waals surface area contributed by atoms with Crippen molar-refractivity contribution in [1.82, 2.24) is 19.9 Å². The van der Waals surface area contributed by atoms with Gasteiger partial charge in [0, 0.05) is 35.2 Å². The molecular formula is C23H26N4O2. The number of carbonyl (C=O) groups is 1. The highest BCUT2D eigenvalue weighted by Crippen LogP contribution is 2.50. The summed E-state index contributed by atoms with van der Waals surface area (Å²) in [5.74, 6) is 0.811. The van der Waals surface area contributed by atoms with Gasteiger partial charge < -0.3 is 10.1 Å².